The van der Waals surface area contributed by atoms with Crippen LogP contribution in [0.25, 0.3) is 0 Å². The van der Waals surface area contributed by atoms with Crippen LogP contribution in [0.3, 0.4) is 0 Å². The van der Waals surface area contributed by atoms with Crippen molar-refractivity contribution in [3.63, 3.8) is 0 Å². The van der Waals surface area contributed by atoms with Gasteiger partial charge in [0.15, 0.2) is 0 Å². The first-order valence-electron chi connectivity index (χ1n) is 4.09. The molecule has 0 fully saturated rings. The van der Waals surface area contributed by atoms with Crippen molar-refractivity contribution in [2.45, 2.75) is 6.92 Å². The fourth-order valence-corrected chi connectivity index (χ4v) is 1.89. The second-order valence-electron chi connectivity index (χ2n) is 2.67. The van der Waals surface area contributed by atoms with Crippen molar-refractivity contribution in [3.8, 4) is 0 Å². The molecule has 0 saturated carbocycles. The smallest absolute Gasteiger partial charge is 0.340 e. The van der Waals surface area contributed by atoms with Crippen molar-refractivity contribution >= 4 is 50.8 Å². The lowest BCUT2D eigenvalue weighted by Gasteiger charge is -2.09. The molecule has 0 amide bonds. The molecule has 1 aromatic carbocycles. The van der Waals surface area contributed by atoms with Crippen LogP contribution in [0.2, 0.25) is 10.0 Å². The van der Waals surface area contributed by atoms with Gasteiger partial charge in [-0.3, -0.25) is 0 Å². The molecule has 0 aromatic heterocycles. The van der Waals surface area contributed by atoms with Gasteiger partial charge in [0.25, 0.3) is 0 Å². The molecule has 0 unspecified atom stereocenters. The van der Waals surface area contributed by atoms with E-state index in [-0.39, 0.29) is 27.9 Å². The molecular formula is C9H8BrCl2NO2. The number of carbonyl (C=O) groups is 1. The highest BCUT2D eigenvalue weighted by atomic mass is 79.9. The lowest BCUT2D eigenvalue weighted by Crippen LogP contribution is -2.08. The zero-order valence-corrected chi connectivity index (χ0v) is 10.9. The lowest BCUT2D eigenvalue weighted by molar-refractivity contribution is 0.0527. The van der Waals surface area contributed by atoms with Gasteiger partial charge in [-0.05, 0) is 28.9 Å². The van der Waals surface area contributed by atoms with E-state index in [1.165, 1.54) is 6.07 Å². The topological polar surface area (TPSA) is 52.3 Å². The second kappa shape index (κ2) is 5.05. The molecule has 0 spiro atoms. The quantitative estimate of drug-likeness (QED) is 0.516. The fraction of sp³-hybridized carbons (Fsp3) is 0.222. The van der Waals surface area contributed by atoms with Crippen LogP contribution in [0.4, 0.5) is 5.69 Å². The number of benzene rings is 1. The number of carbonyl (C=O) groups excluding carboxylic acids is 1. The zero-order chi connectivity index (χ0) is 11.6. The molecular weight excluding hydrogens is 305 g/mol. The summed E-state index contributed by atoms with van der Waals surface area (Å²) in [6, 6.07) is 1.49. The van der Waals surface area contributed by atoms with E-state index < -0.39 is 5.97 Å². The van der Waals surface area contributed by atoms with Crippen LogP contribution < -0.4 is 5.73 Å². The summed E-state index contributed by atoms with van der Waals surface area (Å²) in [7, 11) is 0. The number of hydrogen-bond donors (Lipinski definition) is 1. The van der Waals surface area contributed by atoms with Crippen LogP contribution in [0.1, 0.15) is 17.3 Å². The number of nitrogen functional groups attached to an aromatic ring is 1. The number of nitrogens with two attached hydrogens (primary N) is 1. The number of esters is 1. The Labute approximate surface area is 106 Å². The summed E-state index contributed by atoms with van der Waals surface area (Å²) >= 11 is 14.8. The maximum absolute atomic E-state index is 11.5. The highest BCUT2D eigenvalue weighted by Crippen LogP contribution is 2.37. The molecule has 6 heteroatoms. The predicted octanol–water partition coefficient (Wildman–Crippen LogP) is 3.51. The normalized spacial score (nSPS) is 10.1. The van der Waals surface area contributed by atoms with Gasteiger partial charge in [0.05, 0.1) is 27.9 Å². The number of ether oxygens (including phenoxy) is 1. The van der Waals surface area contributed by atoms with Gasteiger partial charge in [0.2, 0.25) is 0 Å². The highest BCUT2D eigenvalue weighted by molar-refractivity contribution is 9.10. The average Bonchev–Trinajstić information content (AvgIpc) is 2.20. The molecule has 3 nitrogen and oxygen atoms in total. The molecule has 0 aliphatic carbocycles. The van der Waals surface area contributed by atoms with Crippen molar-refractivity contribution in [1.29, 1.82) is 0 Å². The molecule has 1 aromatic rings. The van der Waals surface area contributed by atoms with Gasteiger partial charge in [0, 0.05) is 4.47 Å². The summed E-state index contributed by atoms with van der Waals surface area (Å²) in [5, 5.41) is 0.427. The summed E-state index contributed by atoms with van der Waals surface area (Å²) in [5.74, 6) is -0.519. The van der Waals surface area contributed by atoms with E-state index in [4.69, 9.17) is 33.7 Å². The summed E-state index contributed by atoms with van der Waals surface area (Å²) in [6.07, 6.45) is 0. The lowest BCUT2D eigenvalue weighted by atomic mass is 10.2. The van der Waals surface area contributed by atoms with Gasteiger partial charge in [-0.1, -0.05) is 23.2 Å². The number of halogens is 3. The molecule has 15 heavy (non-hydrogen) atoms. The molecule has 0 atom stereocenters. The Balaban J connectivity index is 3.26. The van der Waals surface area contributed by atoms with Crippen LogP contribution in [-0.2, 0) is 4.74 Å². The van der Waals surface area contributed by atoms with Gasteiger partial charge in [-0.15, -0.1) is 0 Å². The Hall–Kier alpha value is -0.450. The Morgan fingerprint density at radius 3 is 2.67 bits per heavy atom. The largest absolute Gasteiger partial charge is 0.462 e. The van der Waals surface area contributed by atoms with E-state index in [0.717, 1.165) is 0 Å². The van der Waals surface area contributed by atoms with Gasteiger partial charge in [0.1, 0.15) is 0 Å². The molecule has 0 aliphatic heterocycles. The molecule has 0 heterocycles. The van der Waals surface area contributed by atoms with E-state index in [0.29, 0.717) is 4.47 Å². The molecule has 0 aliphatic rings. The molecule has 0 bridgehead atoms. The van der Waals surface area contributed by atoms with Gasteiger partial charge >= 0.3 is 5.97 Å². The monoisotopic (exact) mass is 311 g/mol. The predicted molar refractivity (Wildman–Crippen MR) is 64.5 cm³/mol. The van der Waals surface area contributed by atoms with Gasteiger partial charge in [-0.2, -0.15) is 0 Å². The molecule has 2 N–H and O–H groups in total. The Morgan fingerprint density at radius 2 is 2.13 bits per heavy atom. The van der Waals surface area contributed by atoms with E-state index in [9.17, 15) is 4.79 Å². The summed E-state index contributed by atoms with van der Waals surface area (Å²) < 4.78 is 5.32. The molecule has 0 saturated heterocycles. The van der Waals surface area contributed by atoms with Crippen molar-refractivity contribution in [2.75, 3.05) is 12.3 Å². The van der Waals surface area contributed by atoms with E-state index >= 15 is 0 Å². The standard InChI is InChI=1S/C9H8BrCl2NO2/c1-2-15-9(14)4-3-5(10)6(11)7(12)8(4)13/h3H,2,13H2,1H3. The Kier molecular flexibility index (Phi) is 4.25. The van der Waals surface area contributed by atoms with E-state index in [2.05, 4.69) is 15.9 Å². The zero-order valence-electron chi connectivity index (χ0n) is 7.81. The van der Waals surface area contributed by atoms with Crippen LogP contribution in [0, 0.1) is 0 Å². The Morgan fingerprint density at radius 1 is 1.53 bits per heavy atom. The third-order valence-corrected chi connectivity index (χ3v) is 3.43. The first-order chi connectivity index (χ1) is 6.99. The summed E-state index contributed by atoms with van der Waals surface area (Å²) in [6.45, 7) is 1.98. The highest BCUT2D eigenvalue weighted by Gasteiger charge is 2.17. The third kappa shape index (κ3) is 2.56. The molecule has 1 rings (SSSR count). The number of rotatable bonds is 2. The first-order valence-corrected chi connectivity index (χ1v) is 5.64. The minimum atomic E-state index is -0.519. The number of hydrogen-bond acceptors (Lipinski definition) is 3. The van der Waals surface area contributed by atoms with Crippen LogP contribution in [0.5, 0.6) is 0 Å². The van der Waals surface area contributed by atoms with Crippen LogP contribution >= 0.6 is 39.1 Å². The molecule has 82 valence electrons. The maximum atomic E-state index is 11.5. The first kappa shape index (κ1) is 12.6. The van der Waals surface area contributed by atoms with Gasteiger partial charge in [-0.25, -0.2) is 4.79 Å². The minimum absolute atomic E-state index is 0.128. The van der Waals surface area contributed by atoms with E-state index in [1.807, 2.05) is 0 Å². The van der Waals surface area contributed by atoms with Crippen LogP contribution in [-0.4, -0.2) is 12.6 Å². The number of anilines is 1. The fourth-order valence-electron chi connectivity index (χ4n) is 0.987. The van der Waals surface area contributed by atoms with Crippen molar-refractivity contribution in [2.24, 2.45) is 0 Å². The van der Waals surface area contributed by atoms with Crippen molar-refractivity contribution in [3.05, 3.63) is 26.1 Å². The van der Waals surface area contributed by atoms with E-state index in [1.54, 1.807) is 6.92 Å². The minimum Gasteiger partial charge on any atom is -0.462 e. The van der Waals surface area contributed by atoms with Crippen LogP contribution in [0.15, 0.2) is 10.5 Å². The van der Waals surface area contributed by atoms with Crippen molar-refractivity contribution < 1.29 is 9.53 Å². The summed E-state index contributed by atoms with van der Waals surface area (Å²) in [4.78, 5) is 11.5. The maximum Gasteiger partial charge on any atom is 0.340 e. The Bertz CT molecular complexity index is 410. The third-order valence-electron chi connectivity index (χ3n) is 1.70. The average molecular weight is 313 g/mol. The molecule has 0 radical (unpaired) electrons. The second-order valence-corrected chi connectivity index (χ2v) is 4.28. The van der Waals surface area contributed by atoms with Gasteiger partial charge < -0.3 is 10.5 Å². The SMILES string of the molecule is CCOC(=O)c1cc(Br)c(Cl)c(Cl)c1N. The summed E-state index contributed by atoms with van der Waals surface area (Å²) in [5.41, 5.74) is 5.98. The van der Waals surface area contributed by atoms with Crippen molar-refractivity contribution in [1.82, 2.24) is 0 Å².